The van der Waals surface area contributed by atoms with Gasteiger partial charge in [0.2, 0.25) is 5.91 Å². The van der Waals surface area contributed by atoms with E-state index < -0.39 is 0 Å². The van der Waals surface area contributed by atoms with Gasteiger partial charge in [0.1, 0.15) is 0 Å². The first kappa shape index (κ1) is 11.7. The summed E-state index contributed by atoms with van der Waals surface area (Å²) in [6.07, 6.45) is 3.48. The number of amides is 1. The fraction of sp³-hybridized carbons (Fsp3) is 0.118. The quantitative estimate of drug-likeness (QED) is 0.865. The van der Waals surface area contributed by atoms with Crippen LogP contribution in [0, 0.1) is 0 Å². The molecule has 1 aliphatic rings. The molecule has 1 fully saturated rings. The van der Waals surface area contributed by atoms with Gasteiger partial charge in [-0.1, -0.05) is 54.6 Å². The summed E-state index contributed by atoms with van der Waals surface area (Å²) in [4.78, 5) is 11.2. The molecule has 2 aromatic rings. The van der Waals surface area contributed by atoms with Gasteiger partial charge >= 0.3 is 0 Å². The topological polar surface area (TPSA) is 29.1 Å². The molecule has 1 amide bonds. The van der Waals surface area contributed by atoms with Crippen LogP contribution in [-0.4, -0.2) is 5.91 Å². The molecule has 0 aliphatic carbocycles. The minimum atomic E-state index is 0.114. The summed E-state index contributed by atoms with van der Waals surface area (Å²) in [6, 6.07) is 18.6. The summed E-state index contributed by atoms with van der Waals surface area (Å²) < 4.78 is 0. The van der Waals surface area contributed by atoms with Crippen LogP contribution in [0.3, 0.4) is 0 Å². The van der Waals surface area contributed by atoms with Gasteiger partial charge in [-0.25, -0.2) is 0 Å². The lowest BCUT2D eigenvalue weighted by atomic mass is 9.99. The number of hydrogen-bond acceptors (Lipinski definition) is 1. The maximum Gasteiger partial charge on any atom is 0.224 e. The van der Waals surface area contributed by atoms with Crippen molar-refractivity contribution in [1.82, 2.24) is 5.32 Å². The second-order valence-electron chi connectivity index (χ2n) is 4.67. The molecule has 2 aromatic carbocycles. The van der Waals surface area contributed by atoms with E-state index in [0.29, 0.717) is 6.42 Å². The molecule has 2 heteroatoms. The first-order chi connectivity index (χ1) is 9.33. The Morgan fingerprint density at radius 2 is 1.63 bits per heavy atom. The molecular formula is C17H15NO. The predicted octanol–water partition coefficient (Wildman–Crippen LogP) is 3.60. The SMILES string of the molecule is O=C1CC/C(=C\c2ccccc2-c2ccccc2)N1. The smallest absolute Gasteiger partial charge is 0.224 e. The number of rotatable bonds is 2. The zero-order valence-corrected chi connectivity index (χ0v) is 10.6. The van der Waals surface area contributed by atoms with Crippen LogP contribution in [0.25, 0.3) is 17.2 Å². The van der Waals surface area contributed by atoms with Gasteiger partial charge in [-0.2, -0.15) is 0 Å². The summed E-state index contributed by atoms with van der Waals surface area (Å²) in [7, 11) is 0. The average Bonchev–Trinajstić information content (AvgIpc) is 2.86. The second kappa shape index (κ2) is 5.11. The number of carbonyl (C=O) groups is 1. The third kappa shape index (κ3) is 2.58. The summed E-state index contributed by atoms with van der Waals surface area (Å²) in [5.41, 5.74) is 4.54. The number of allylic oxidation sites excluding steroid dienone is 1. The van der Waals surface area contributed by atoms with E-state index in [1.807, 2.05) is 30.3 Å². The maximum atomic E-state index is 11.2. The summed E-state index contributed by atoms with van der Waals surface area (Å²) in [6.45, 7) is 0. The van der Waals surface area contributed by atoms with Crippen molar-refractivity contribution >= 4 is 12.0 Å². The lowest BCUT2D eigenvalue weighted by molar-refractivity contribution is -0.118. The molecule has 1 saturated heterocycles. The van der Waals surface area contributed by atoms with Crippen LogP contribution in [0.5, 0.6) is 0 Å². The first-order valence-electron chi connectivity index (χ1n) is 6.48. The zero-order valence-electron chi connectivity index (χ0n) is 10.6. The molecule has 0 unspecified atom stereocenters. The van der Waals surface area contributed by atoms with E-state index in [0.717, 1.165) is 17.7 Å². The third-order valence-corrected chi connectivity index (χ3v) is 3.30. The Labute approximate surface area is 112 Å². The van der Waals surface area contributed by atoms with E-state index in [9.17, 15) is 4.79 Å². The van der Waals surface area contributed by atoms with E-state index in [1.165, 1.54) is 11.1 Å². The molecule has 0 saturated carbocycles. The molecule has 2 nitrogen and oxygen atoms in total. The highest BCUT2D eigenvalue weighted by Gasteiger charge is 2.14. The fourth-order valence-electron chi connectivity index (χ4n) is 2.35. The van der Waals surface area contributed by atoms with Gasteiger partial charge in [0.25, 0.3) is 0 Å². The van der Waals surface area contributed by atoms with Crippen LogP contribution in [0.4, 0.5) is 0 Å². The van der Waals surface area contributed by atoms with Gasteiger partial charge < -0.3 is 5.32 Å². The molecule has 94 valence electrons. The summed E-state index contributed by atoms with van der Waals surface area (Å²) >= 11 is 0. The van der Waals surface area contributed by atoms with Gasteiger partial charge in [-0.3, -0.25) is 4.79 Å². The highest BCUT2D eigenvalue weighted by Crippen LogP contribution is 2.26. The number of nitrogens with one attached hydrogen (secondary N) is 1. The highest BCUT2D eigenvalue weighted by molar-refractivity contribution is 5.84. The van der Waals surface area contributed by atoms with Crippen LogP contribution in [0.2, 0.25) is 0 Å². The van der Waals surface area contributed by atoms with E-state index in [1.54, 1.807) is 0 Å². The predicted molar refractivity (Wildman–Crippen MR) is 77.2 cm³/mol. The van der Waals surface area contributed by atoms with Crippen molar-refractivity contribution in [1.29, 1.82) is 0 Å². The van der Waals surface area contributed by atoms with Crippen LogP contribution in [-0.2, 0) is 4.79 Å². The van der Waals surface area contributed by atoms with Crippen LogP contribution in [0.15, 0.2) is 60.3 Å². The first-order valence-corrected chi connectivity index (χ1v) is 6.48. The lowest BCUT2D eigenvalue weighted by Crippen LogP contribution is -2.11. The lowest BCUT2D eigenvalue weighted by Gasteiger charge is -2.07. The van der Waals surface area contributed by atoms with Crippen LogP contribution in [0.1, 0.15) is 18.4 Å². The standard InChI is InChI=1S/C17H15NO/c19-17-11-10-15(18-17)12-14-8-4-5-9-16(14)13-6-2-1-3-7-13/h1-9,12H,10-11H2,(H,18,19)/b15-12+. The molecular weight excluding hydrogens is 234 g/mol. The van der Waals surface area contributed by atoms with Crippen molar-refractivity contribution in [3.8, 4) is 11.1 Å². The Hall–Kier alpha value is -2.35. The fourth-order valence-corrected chi connectivity index (χ4v) is 2.35. The zero-order chi connectivity index (χ0) is 13.1. The Balaban J connectivity index is 2.01. The molecule has 0 bridgehead atoms. The molecule has 0 aromatic heterocycles. The average molecular weight is 249 g/mol. The van der Waals surface area contributed by atoms with E-state index in [4.69, 9.17) is 0 Å². The Morgan fingerprint density at radius 1 is 0.895 bits per heavy atom. The molecule has 1 aliphatic heterocycles. The minimum Gasteiger partial charge on any atom is -0.330 e. The summed E-state index contributed by atoms with van der Waals surface area (Å²) in [5.74, 6) is 0.114. The minimum absolute atomic E-state index is 0.114. The van der Waals surface area contributed by atoms with Crippen LogP contribution >= 0.6 is 0 Å². The van der Waals surface area contributed by atoms with Crippen molar-refractivity contribution in [3.63, 3.8) is 0 Å². The van der Waals surface area contributed by atoms with Gasteiger partial charge in [0, 0.05) is 12.1 Å². The van der Waals surface area contributed by atoms with E-state index in [-0.39, 0.29) is 5.91 Å². The molecule has 1 N–H and O–H groups in total. The molecule has 0 radical (unpaired) electrons. The van der Waals surface area contributed by atoms with Crippen LogP contribution < -0.4 is 5.32 Å². The molecule has 0 atom stereocenters. The van der Waals surface area contributed by atoms with Crippen molar-refractivity contribution in [3.05, 3.63) is 65.9 Å². The summed E-state index contributed by atoms with van der Waals surface area (Å²) in [5, 5.41) is 2.90. The second-order valence-corrected chi connectivity index (χ2v) is 4.67. The number of carbonyl (C=O) groups excluding carboxylic acids is 1. The van der Waals surface area contributed by atoms with E-state index >= 15 is 0 Å². The Kier molecular flexibility index (Phi) is 3.15. The molecule has 19 heavy (non-hydrogen) atoms. The third-order valence-electron chi connectivity index (χ3n) is 3.30. The van der Waals surface area contributed by atoms with Gasteiger partial charge in [0.15, 0.2) is 0 Å². The monoisotopic (exact) mass is 249 g/mol. The number of hydrogen-bond donors (Lipinski definition) is 1. The Morgan fingerprint density at radius 3 is 2.37 bits per heavy atom. The van der Waals surface area contributed by atoms with Gasteiger partial charge in [-0.05, 0) is 29.2 Å². The molecule has 3 rings (SSSR count). The van der Waals surface area contributed by atoms with Crippen molar-refractivity contribution in [2.45, 2.75) is 12.8 Å². The largest absolute Gasteiger partial charge is 0.330 e. The van der Waals surface area contributed by atoms with Crippen molar-refractivity contribution in [2.24, 2.45) is 0 Å². The Bertz CT molecular complexity index is 629. The van der Waals surface area contributed by atoms with Crippen molar-refractivity contribution in [2.75, 3.05) is 0 Å². The maximum absolute atomic E-state index is 11.2. The molecule has 0 spiro atoms. The molecule has 1 heterocycles. The number of benzene rings is 2. The van der Waals surface area contributed by atoms with E-state index in [2.05, 4.69) is 35.7 Å². The van der Waals surface area contributed by atoms with Gasteiger partial charge in [-0.15, -0.1) is 0 Å². The van der Waals surface area contributed by atoms with Crippen molar-refractivity contribution < 1.29 is 4.79 Å². The highest BCUT2D eigenvalue weighted by atomic mass is 16.1. The van der Waals surface area contributed by atoms with Gasteiger partial charge in [0.05, 0.1) is 0 Å². The normalized spacial score (nSPS) is 16.6.